The van der Waals surface area contributed by atoms with Crippen molar-refractivity contribution < 1.29 is 23.9 Å². The monoisotopic (exact) mass is 959 g/mol. The van der Waals surface area contributed by atoms with Crippen molar-refractivity contribution in [2.75, 3.05) is 32.8 Å². The third kappa shape index (κ3) is 20.9. The fourth-order valence-electron chi connectivity index (χ4n) is 11.2. The molecular formula is C59H114N4O5. The Labute approximate surface area is 422 Å². The van der Waals surface area contributed by atoms with Gasteiger partial charge >= 0.3 is 0 Å². The summed E-state index contributed by atoms with van der Waals surface area (Å²) in [5.41, 5.74) is 0. The Bertz CT molecular complexity index is 1410. The number of Topliss-reactive ketones (excluding diaryl/α,β-unsaturated/α-hetero) is 4. The fourth-order valence-corrected chi connectivity index (χ4v) is 11.2. The summed E-state index contributed by atoms with van der Waals surface area (Å²) in [4.78, 5) is 58.5. The Balaban J connectivity index is 0.000000454. The van der Waals surface area contributed by atoms with E-state index in [9.17, 15) is 19.2 Å². The van der Waals surface area contributed by atoms with Gasteiger partial charge in [0.2, 0.25) is 0 Å². The average Bonchev–Trinajstić information content (AvgIpc) is 4.04. The molecule has 4 saturated heterocycles. The van der Waals surface area contributed by atoms with E-state index >= 15 is 0 Å². The van der Waals surface area contributed by atoms with Crippen molar-refractivity contribution >= 4 is 23.1 Å². The van der Waals surface area contributed by atoms with E-state index in [2.05, 4.69) is 130 Å². The van der Waals surface area contributed by atoms with Crippen molar-refractivity contribution in [3.05, 3.63) is 0 Å². The Morgan fingerprint density at radius 3 is 0.956 bits per heavy atom. The van der Waals surface area contributed by atoms with Crippen molar-refractivity contribution in [2.45, 2.75) is 259 Å². The van der Waals surface area contributed by atoms with Crippen LogP contribution in [0.2, 0.25) is 0 Å². The largest absolute Gasteiger partial charge is 0.377 e. The normalized spacial score (nSPS) is 26.4. The molecule has 0 aromatic heterocycles. The van der Waals surface area contributed by atoms with E-state index in [1.807, 2.05) is 55.4 Å². The molecule has 0 aromatic rings. The first-order valence-electron chi connectivity index (χ1n) is 28.1. The van der Waals surface area contributed by atoms with Gasteiger partial charge in [0.25, 0.3) is 0 Å². The van der Waals surface area contributed by atoms with E-state index in [0.717, 1.165) is 70.3 Å². The van der Waals surface area contributed by atoms with Gasteiger partial charge < -0.3 is 4.74 Å². The van der Waals surface area contributed by atoms with Gasteiger partial charge in [0.15, 0.2) is 23.1 Å². The van der Waals surface area contributed by atoms with Crippen LogP contribution in [0, 0.1) is 65.1 Å². The van der Waals surface area contributed by atoms with Gasteiger partial charge in [-0.2, -0.15) is 0 Å². The summed E-state index contributed by atoms with van der Waals surface area (Å²) < 4.78 is 5.91. The molecule has 9 heteroatoms. The molecule has 4 aliphatic rings. The first kappa shape index (κ1) is 64.5. The molecule has 0 unspecified atom stereocenters. The maximum atomic E-state index is 12.2. The van der Waals surface area contributed by atoms with Gasteiger partial charge in [0.1, 0.15) is 0 Å². The second kappa shape index (κ2) is 30.5. The number of rotatable bonds is 20. The van der Waals surface area contributed by atoms with Crippen LogP contribution in [-0.4, -0.2) is 130 Å². The minimum Gasteiger partial charge on any atom is -0.377 e. The summed E-state index contributed by atoms with van der Waals surface area (Å²) in [5, 5.41) is 0. The second-order valence-electron chi connectivity index (χ2n) is 25.7. The zero-order valence-electron chi connectivity index (χ0n) is 49.2. The van der Waals surface area contributed by atoms with Crippen molar-refractivity contribution in [3.8, 4) is 0 Å². The van der Waals surface area contributed by atoms with Crippen molar-refractivity contribution in [2.24, 2.45) is 65.1 Å². The molecule has 4 fully saturated rings. The molecule has 0 aromatic carbocycles. The molecule has 8 atom stereocenters. The van der Waals surface area contributed by atoms with Crippen molar-refractivity contribution in [1.29, 1.82) is 0 Å². The Hall–Kier alpha value is -1.52. The molecule has 0 amide bonds. The highest BCUT2D eigenvalue weighted by atomic mass is 16.5. The number of likely N-dealkylation sites (tertiary alicyclic amines) is 4. The molecule has 0 bridgehead atoms. The van der Waals surface area contributed by atoms with Gasteiger partial charge in [-0.3, -0.25) is 38.8 Å². The summed E-state index contributed by atoms with van der Waals surface area (Å²) in [7, 11) is 0. The standard InChI is InChI=1S/C15H29NO2.2C15H29NO.C14H27NO/c1-10(2)9-18-13-7-14(15(17)11(3)4)16(8-13)12(5)6;2*1-10(2)7-13-8-14(15(17)11(3)4)16(9-13)12(5)6;1-9(2)12-7-13(14(16)10(3)4)15(8-12)11(5)6/h10-14H,7-9H2,1-6H3;2*10-14H,7-9H2,1-6H3;9-13H,7-8H2,1-6H3/t13-,14-;13-,14+;13-,14-;12-,13-/m0100/s1. The van der Waals surface area contributed by atoms with E-state index in [1.165, 1.54) is 12.8 Å². The van der Waals surface area contributed by atoms with E-state index in [-0.39, 0.29) is 53.9 Å². The van der Waals surface area contributed by atoms with E-state index in [4.69, 9.17) is 4.74 Å². The van der Waals surface area contributed by atoms with Crippen LogP contribution in [0.15, 0.2) is 0 Å². The number of nitrogens with zero attached hydrogens (tertiary/aromatic N) is 4. The summed E-state index contributed by atoms with van der Waals surface area (Å²) >= 11 is 0. The summed E-state index contributed by atoms with van der Waals surface area (Å²) in [6.07, 6.45) is 6.81. The lowest BCUT2D eigenvalue weighted by molar-refractivity contribution is -0.127. The number of carbonyl (C=O) groups excluding carboxylic acids is 4. The highest BCUT2D eigenvalue weighted by Crippen LogP contribution is 2.34. The number of hydrogen-bond donors (Lipinski definition) is 0. The van der Waals surface area contributed by atoms with Gasteiger partial charge in [-0.05, 0) is 135 Å². The van der Waals surface area contributed by atoms with Crippen LogP contribution < -0.4 is 0 Å². The van der Waals surface area contributed by atoms with E-state index in [0.29, 0.717) is 76.9 Å². The highest BCUT2D eigenvalue weighted by Gasteiger charge is 2.42. The predicted octanol–water partition coefficient (Wildman–Crippen LogP) is 12.4. The number of carbonyl (C=O) groups is 4. The van der Waals surface area contributed by atoms with E-state index in [1.54, 1.807) is 0 Å². The quantitative estimate of drug-likeness (QED) is 0.118. The molecule has 0 N–H and O–H groups in total. The lowest BCUT2D eigenvalue weighted by Crippen LogP contribution is -2.42. The minimum absolute atomic E-state index is 0.0576. The number of hydrogen-bond acceptors (Lipinski definition) is 9. The zero-order chi connectivity index (χ0) is 52.7. The van der Waals surface area contributed by atoms with Crippen molar-refractivity contribution in [3.63, 3.8) is 0 Å². The SMILES string of the molecule is CC(C)C(=O)[C@@H]1C[C@H](C(C)C)CN1C(C)C.CC(C)CO[C@H]1C[C@@H](C(=O)C(C)C)N(C(C)C)C1.CC(C)C[C@@H]1C[C@@H](C(=O)C(C)C)N(C(C)C)C1.CC(C)C[C@H]1C[C@@H](C(=O)C(C)C)N(C(C)C)C1. The molecule has 400 valence electrons. The van der Waals surface area contributed by atoms with Gasteiger partial charge in [-0.1, -0.05) is 111 Å². The number of ketones is 4. The second-order valence-corrected chi connectivity index (χ2v) is 25.7. The van der Waals surface area contributed by atoms with Gasteiger partial charge in [0.05, 0.1) is 30.3 Å². The van der Waals surface area contributed by atoms with Crippen LogP contribution in [0.3, 0.4) is 0 Å². The summed E-state index contributed by atoms with van der Waals surface area (Å²) in [6.45, 7) is 56.6. The predicted molar refractivity (Wildman–Crippen MR) is 289 cm³/mol. The van der Waals surface area contributed by atoms with Crippen LogP contribution >= 0.6 is 0 Å². The third-order valence-corrected chi connectivity index (χ3v) is 15.0. The lowest BCUT2D eigenvalue weighted by atomic mass is 9.90. The van der Waals surface area contributed by atoms with Crippen LogP contribution in [-0.2, 0) is 23.9 Å². The van der Waals surface area contributed by atoms with Crippen LogP contribution in [0.5, 0.6) is 0 Å². The Kier molecular flexibility index (Phi) is 28.9. The van der Waals surface area contributed by atoms with Gasteiger partial charge in [-0.15, -0.1) is 0 Å². The Morgan fingerprint density at radius 1 is 0.382 bits per heavy atom. The fraction of sp³-hybridized carbons (Fsp3) is 0.932. The van der Waals surface area contributed by atoms with Gasteiger partial charge in [-0.25, -0.2) is 0 Å². The van der Waals surface area contributed by atoms with Crippen LogP contribution in [0.1, 0.15) is 205 Å². The minimum atomic E-state index is 0.0576. The first-order chi connectivity index (χ1) is 31.3. The average molecular weight is 960 g/mol. The molecule has 4 rings (SSSR count). The molecule has 0 radical (unpaired) electrons. The molecule has 0 saturated carbocycles. The van der Waals surface area contributed by atoms with Gasteiger partial charge in [0, 0.05) is 80.6 Å². The zero-order valence-corrected chi connectivity index (χ0v) is 49.2. The molecule has 68 heavy (non-hydrogen) atoms. The molecule has 9 nitrogen and oxygen atoms in total. The highest BCUT2D eigenvalue weighted by molar-refractivity contribution is 5.87. The first-order valence-corrected chi connectivity index (χ1v) is 28.1. The van der Waals surface area contributed by atoms with Crippen molar-refractivity contribution in [1.82, 2.24) is 19.6 Å². The van der Waals surface area contributed by atoms with Crippen LogP contribution in [0.4, 0.5) is 0 Å². The van der Waals surface area contributed by atoms with Crippen LogP contribution in [0.25, 0.3) is 0 Å². The molecule has 4 aliphatic heterocycles. The topological polar surface area (TPSA) is 90.5 Å². The summed E-state index contributed by atoms with van der Waals surface area (Å²) in [6, 6.07) is 2.45. The Morgan fingerprint density at radius 2 is 0.676 bits per heavy atom. The summed E-state index contributed by atoms with van der Waals surface area (Å²) in [5.74, 6) is 7.10. The third-order valence-electron chi connectivity index (χ3n) is 15.0. The molecule has 0 aliphatic carbocycles. The van der Waals surface area contributed by atoms with E-state index < -0.39 is 0 Å². The molecular weight excluding hydrogens is 845 g/mol. The maximum absolute atomic E-state index is 12.2. The maximum Gasteiger partial charge on any atom is 0.152 e. The smallest absolute Gasteiger partial charge is 0.152 e. The molecule has 4 heterocycles. The lowest BCUT2D eigenvalue weighted by Gasteiger charge is -2.28. The molecule has 0 spiro atoms. The number of ether oxygens (including phenoxy) is 1.